The maximum absolute atomic E-state index is 11.2. The van der Waals surface area contributed by atoms with Gasteiger partial charge in [0.1, 0.15) is 11.4 Å². The molecule has 0 aliphatic heterocycles. The van der Waals surface area contributed by atoms with Gasteiger partial charge in [-0.2, -0.15) is 0 Å². The number of pyridine rings is 1. The first kappa shape index (κ1) is 15.0. The van der Waals surface area contributed by atoms with Gasteiger partial charge in [-0.3, -0.25) is 9.78 Å². The lowest BCUT2D eigenvalue weighted by Crippen LogP contribution is -2.25. The van der Waals surface area contributed by atoms with Crippen LogP contribution in [0.2, 0.25) is 0 Å². The number of esters is 1. The molecule has 1 aromatic carbocycles. The highest BCUT2D eigenvalue weighted by Gasteiger charge is 2.22. The van der Waals surface area contributed by atoms with E-state index in [0.29, 0.717) is 0 Å². The van der Waals surface area contributed by atoms with Crippen molar-refractivity contribution in [2.45, 2.75) is 25.9 Å². The van der Waals surface area contributed by atoms with Crippen LogP contribution in [0.3, 0.4) is 0 Å². The largest absolute Gasteiger partial charge is 0.483 e. The minimum atomic E-state index is -0.452. The molecule has 0 aliphatic rings. The Bertz CT molecular complexity index is 591. The van der Waals surface area contributed by atoms with E-state index in [-0.39, 0.29) is 12.4 Å². The van der Waals surface area contributed by atoms with Gasteiger partial charge in [-0.15, -0.1) is 0 Å². The molecule has 1 aromatic heterocycles. The molecule has 0 fully saturated rings. The highest BCUT2D eigenvalue weighted by molar-refractivity contribution is 5.72. The summed E-state index contributed by atoms with van der Waals surface area (Å²) in [6.07, 6.45) is 3.77. The van der Waals surface area contributed by atoms with Gasteiger partial charge >= 0.3 is 5.97 Å². The van der Waals surface area contributed by atoms with Gasteiger partial charge in [-0.25, -0.2) is 0 Å². The van der Waals surface area contributed by atoms with Gasteiger partial charge in [0.15, 0.2) is 0 Å². The summed E-state index contributed by atoms with van der Waals surface area (Å²) in [4.78, 5) is 15.2. The lowest BCUT2D eigenvalue weighted by Gasteiger charge is -2.27. The van der Waals surface area contributed by atoms with Crippen LogP contribution in [-0.2, 0) is 21.6 Å². The van der Waals surface area contributed by atoms with Gasteiger partial charge in [-0.05, 0) is 49.2 Å². The third-order valence-corrected chi connectivity index (χ3v) is 3.25. The minimum Gasteiger partial charge on any atom is -0.483 e. The first-order valence-electron chi connectivity index (χ1n) is 6.76. The predicted molar refractivity (Wildman–Crippen MR) is 80.1 cm³/mol. The summed E-state index contributed by atoms with van der Waals surface area (Å²) < 4.78 is 10.7. The van der Waals surface area contributed by atoms with E-state index in [1.54, 1.807) is 12.4 Å². The topological polar surface area (TPSA) is 48.4 Å². The van der Waals surface area contributed by atoms with Crippen LogP contribution in [0.1, 0.15) is 25.0 Å². The molecule has 1 heterocycles. The molecule has 0 radical (unpaired) electrons. The fourth-order valence-electron chi connectivity index (χ4n) is 2.02. The number of nitrogens with zero attached hydrogens (tertiary/aromatic N) is 1. The van der Waals surface area contributed by atoms with Crippen LogP contribution in [-0.4, -0.2) is 18.1 Å². The fourth-order valence-corrected chi connectivity index (χ4v) is 2.02. The summed E-state index contributed by atoms with van der Waals surface area (Å²) in [6, 6.07) is 11.3. The van der Waals surface area contributed by atoms with Crippen LogP contribution in [0.15, 0.2) is 48.8 Å². The maximum Gasteiger partial charge on any atom is 0.309 e. The Morgan fingerprint density at radius 2 is 1.71 bits per heavy atom. The average molecular weight is 285 g/mol. The zero-order chi connectivity index (χ0) is 15.3. The lowest BCUT2D eigenvalue weighted by atomic mass is 9.99. The molecule has 0 N–H and O–H groups in total. The van der Waals surface area contributed by atoms with Gasteiger partial charge in [0.25, 0.3) is 0 Å². The van der Waals surface area contributed by atoms with Gasteiger partial charge < -0.3 is 9.47 Å². The number of hydrogen-bond acceptors (Lipinski definition) is 4. The van der Waals surface area contributed by atoms with E-state index in [9.17, 15) is 4.79 Å². The minimum absolute atomic E-state index is 0.249. The Labute approximate surface area is 124 Å². The smallest absolute Gasteiger partial charge is 0.309 e. The number of hydrogen-bond donors (Lipinski definition) is 0. The molecule has 2 aromatic rings. The maximum atomic E-state index is 11.2. The van der Waals surface area contributed by atoms with Crippen LogP contribution in [0.5, 0.6) is 5.75 Å². The molecule has 4 heteroatoms. The second-order valence-corrected chi connectivity index (χ2v) is 5.25. The highest BCUT2D eigenvalue weighted by Crippen LogP contribution is 2.27. The van der Waals surface area contributed by atoms with Crippen LogP contribution in [0.25, 0.3) is 0 Å². The van der Waals surface area contributed by atoms with Crippen LogP contribution in [0, 0.1) is 0 Å². The second kappa shape index (κ2) is 6.39. The van der Waals surface area contributed by atoms with Crippen molar-refractivity contribution in [2.75, 3.05) is 7.11 Å². The molecular formula is C17H19NO3. The van der Waals surface area contributed by atoms with E-state index in [4.69, 9.17) is 4.74 Å². The molecule has 0 bridgehead atoms. The van der Waals surface area contributed by atoms with E-state index in [0.717, 1.165) is 16.9 Å². The predicted octanol–water partition coefficient (Wildman–Crippen LogP) is 3.11. The Hall–Kier alpha value is -2.36. The van der Waals surface area contributed by atoms with Crippen molar-refractivity contribution in [3.05, 3.63) is 59.9 Å². The molecule has 4 nitrogen and oxygen atoms in total. The average Bonchev–Trinajstić information content (AvgIpc) is 2.50. The molecule has 110 valence electrons. The summed E-state index contributed by atoms with van der Waals surface area (Å²) in [5.74, 6) is 0.506. The number of carbonyl (C=O) groups excluding carboxylic acids is 1. The summed E-state index contributed by atoms with van der Waals surface area (Å²) in [7, 11) is 1.39. The molecule has 2 rings (SSSR count). The molecule has 0 unspecified atom stereocenters. The van der Waals surface area contributed by atoms with E-state index in [1.807, 2.05) is 50.2 Å². The van der Waals surface area contributed by atoms with E-state index in [2.05, 4.69) is 9.72 Å². The van der Waals surface area contributed by atoms with Crippen molar-refractivity contribution in [3.8, 4) is 5.75 Å². The SMILES string of the molecule is COC(=O)Cc1ccc(OC(C)(C)c2ccncc2)cc1. The second-order valence-electron chi connectivity index (χ2n) is 5.25. The van der Waals surface area contributed by atoms with Crippen molar-refractivity contribution in [2.24, 2.45) is 0 Å². The van der Waals surface area contributed by atoms with Crippen LogP contribution < -0.4 is 4.74 Å². The van der Waals surface area contributed by atoms with Crippen LogP contribution in [0.4, 0.5) is 0 Å². The highest BCUT2D eigenvalue weighted by atomic mass is 16.5. The molecule has 0 spiro atoms. The Balaban J connectivity index is 2.08. The van der Waals surface area contributed by atoms with E-state index in [1.165, 1.54) is 7.11 Å². The normalized spacial score (nSPS) is 11.0. The molecular weight excluding hydrogens is 266 g/mol. The third kappa shape index (κ3) is 4.05. The van der Waals surface area contributed by atoms with E-state index >= 15 is 0 Å². The quantitative estimate of drug-likeness (QED) is 0.792. The third-order valence-electron chi connectivity index (χ3n) is 3.25. The van der Waals surface area contributed by atoms with Gasteiger partial charge in [0, 0.05) is 12.4 Å². The molecule has 0 saturated carbocycles. The molecule has 21 heavy (non-hydrogen) atoms. The number of carbonyl (C=O) groups is 1. The van der Waals surface area contributed by atoms with Crippen LogP contribution >= 0.6 is 0 Å². The fraction of sp³-hybridized carbons (Fsp3) is 0.294. The Kier molecular flexibility index (Phi) is 4.58. The van der Waals surface area contributed by atoms with E-state index < -0.39 is 5.60 Å². The number of rotatable bonds is 5. The summed E-state index contributed by atoms with van der Waals surface area (Å²) >= 11 is 0. The number of aromatic nitrogens is 1. The standard InChI is InChI=1S/C17H19NO3/c1-17(2,14-8-10-18-11-9-14)21-15-6-4-13(5-7-15)12-16(19)20-3/h4-11H,12H2,1-3H3. The zero-order valence-corrected chi connectivity index (χ0v) is 12.5. The Morgan fingerprint density at radius 1 is 1.10 bits per heavy atom. The van der Waals surface area contributed by atoms with Crippen molar-refractivity contribution in [3.63, 3.8) is 0 Å². The first-order valence-corrected chi connectivity index (χ1v) is 6.76. The Morgan fingerprint density at radius 3 is 2.29 bits per heavy atom. The number of benzene rings is 1. The number of methoxy groups -OCH3 is 1. The number of ether oxygens (including phenoxy) is 2. The summed E-state index contributed by atoms with van der Waals surface area (Å²) in [5, 5.41) is 0. The van der Waals surface area contributed by atoms with Gasteiger partial charge in [0.2, 0.25) is 0 Å². The van der Waals surface area contributed by atoms with Crippen molar-refractivity contribution in [1.82, 2.24) is 4.98 Å². The molecule has 0 saturated heterocycles. The zero-order valence-electron chi connectivity index (χ0n) is 12.5. The summed E-state index contributed by atoms with van der Waals surface area (Å²) in [5.41, 5.74) is 1.50. The van der Waals surface area contributed by atoms with Crippen molar-refractivity contribution in [1.29, 1.82) is 0 Å². The summed E-state index contributed by atoms with van der Waals surface area (Å²) in [6.45, 7) is 4.01. The first-order chi connectivity index (χ1) is 10.0. The molecule has 0 amide bonds. The molecule has 0 atom stereocenters. The molecule has 0 aliphatic carbocycles. The van der Waals surface area contributed by atoms with Gasteiger partial charge in [-0.1, -0.05) is 12.1 Å². The van der Waals surface area contributed by atoms with Gasteiger partial charge in [0.05, 0.1) is 13.5 Å². The van der Waals surface area contributed by atoms with Crippen molar-refractivity contribution < 1.29 is 14.3 Å². The monoisotopic (exact) mass is 285 g/mol. The lowest BCUT2D eigenvalue weighted by molar-refractivity contribution is -0.139. The van der Waals surface area contributed by atoms with Crippen molar-refractivity contribution >= 4 is 5.97 Å².